The number of hydrogen-bond acceptors (Lipinski definition) is 5. The van der Waals surface area contributed by atoms with Gasteiger partial charge in [0.1, 0.15) is 30.2 Å². The van der Waals surface area contributed by atoms with Crippen molar-refractivity contribution in [1.29, 1.82) is 0 Å². The highest BCUT2D eigenvalue weighted by Gasteiger charge is 2.58. The third-order valence-corrected chi connectivity index (χ3v) is 10.0. The minimum Gasteiger partial charge on any atom is -0.428 e. The summed E-state index contributed by atoms with van der Waals surface area (Å²) in [4.78, 5) is 12.6. The van der Waals surface area contributed by atoms with Crippen molar-refractivity contribution >= 4 is 8.32 Å². The first-order valence-electron chi connectivity index (χ1n) is 8.75. The van der Waals surface area contributed by atoms with Gasteiger partial charge in [0, 0.05) is 6.42 Å². The highest BCUT2D eigenvalue weighted by atomic mass is 28.4. The van der Waals surface area contributed by atoms with Crippen LogP contribution in [0.15, 0.2) is 15.3 Å². The van der Waals surface area contributed by atoms with E-state index in [1.807, 2.05) is 13.0 Å². The fraction of sp³-hybridized carbons (Fsp3) is 0.722. The van der Waals surface area contributed by atoms with Gasteiger partial charge in [-0.2, -0.15) is 0 Å². The van der Waals surface area contributed by atoms with Crippen molar-refractivity contribution in [2.45, 2.75) is 83.1 Å². The molecule has 2 heterocycles. The molecule has 1 saturated heterocycles. The molecule has 1 aliphatic carbocycles. The predicted octanol–water partition coefficient (Wildman–Crippen LogP) is 3.47. The molecule has 1 N–H and O–H groups in total. The van der Waals surface area contributed by atoms with Crippen molar-refractivity contribution in [3.8, 4) is 0 Å². The number of aliphatic hydroxyl groups excluding tert-OH is 1. The van der Waals surface area contributed by atoms with Crippen LogP contribution < -0.4 is 5.63 Å². The van der Waals surface area contributed by atoms with Crippen LogP contribution in [-0.2, 0) is 15.6 Å². The first-order valence-corrected chi connectivity index (χ1v) is 11.7. The SMILES string of the molecule is CCCc1cc2c(c(=O)o1)[C@@H](O[Si](C)(C)C(C)(C)C)[C@@H]1O[C@@H]1[C@@H]2O. The van der Waals surface area contributed by atoms with Crippen LogP contribution in [-0.4, -0.2) is 25.6 Å². The quantitative estimate of drug-likeness (QED) is 0.663. The van der Waals surface area contributed by atoms with Gasteiger partial charge in [-0.15, -0.1) is 0 Å². The summed E-state index contributed by atoms with van der Waals surface area (Å²) in [6.07, 6.45) is -0.183. The molecule has 1 aliphatic heterocycles. The average Bonchev–Trinajstić information content (AvgIpc) is 3.23. The maximum Gasteiger partial charge on any atom is 0.342 e. The highest BCUT2D eigenvalue weighted by Crippen LogP contribution is 2.52. The zero-order valence-electron chi connectivity index (χ0n) is 15.4. The molecule has 1 aromatic rings. The van der Waals surface area contributed by atoms with Crippen LogP contribution in [0.2, 0.25) is 18.1 Å². The molecule has 0 saturated carbocycles. The largest absolute Gasteiger partial charge is 0.428 e. The zero-order valence-corrected chi connectivity index (χ0v) is 16.4. The topological polar surface area (TPSA) is 72.2 Å². The number of epoxide rings is 1. The van der Waals surface area contributed by atoms with Gasteiger partial charge in [0.25, 0.3) is 0 Å². The van der Waals surface area contributed by atoms with E-state index in [9.17, 15) is 9.90 Å². The molecule has 24 heavy (non-hydrogen) atoms. The van der Waals surface area contributed by atoms with E-state index in [-0.39, 0.29) is 17.2 Å². The van der Waals surface area contributed by atoms with Crippen LogP contribution in [0.3, 0.4) is 0 Å². The Morgan fingerprint density at radius 2 is 1.96 bits per heavy atom. The van der Waals surface area contributed by atoms with E-state index in [4.69, 9.17) is 13.6 Å². The Labute approximate surface area is 144 Å². The zero-order chi connectivity index (χ0) is 17.9. The first-order chi connectivity index (χ1) is 11.1. The minimum absolute atomic E-state index is 0.0238. The second-order valence-corrected chi connectivity index (χ2v) is 13.2. The van der Waals surface area contributed by atoms with Crippen LogP contribution in [0.5, 0.6) is 0 Å². The van der Waals surface area contributed by atoms with Crippen LogP contribution in [0.25, 0.3) is 0 Å². The van der Waals surface area contributed by atoms with E-state index in [1.54, 1.807) is 0 Å². The van der Waals surface area contributed by atoms with Gasteiger partial charge in [-0.1, -0.05) is 27.7 Å². The molecule has 5 nitrogen and oxygen atoms in total. The summed E-state index contributed by atoms with van der Waals surface area (Å²) in [6, 6.07) is 1.81. The maximum atomic E-state index is 12.6. The molecule has 1 aromatic heterocycles. The summed E-state index contributed by atoms with van der Waals surface area (Å²) in [5, 5.41) is 10.5. The minimum atomic E-state index is -2.09. The molecule has 3 rings (SSSR count). The van der Waals surface area contributed by atoms with Gasteiger partial charge in [0.15, 0.2) is 8.32 Å². The Bertz CT molecular complexity index is 688. The lowest BCUT2D eigenvalue weighted by Crippen LogP contribution is -2.45. The molecule has 4 atom stereocenters. The number of ether oxygens (including phenoxy) is 1. The molecule has 0 bridgehead atoms. The lowest BCUT2D eigenvalue weighted by Gasteiger charge is -2.40. The van der Waals surface area contributed by atoms with E-state index in [2.05, 4.69) is 33.9 Å². The Kier molecular flexibility index (Phi) is 4.31. The van der Waals surface area contributed by atoms with Gasteiger partial charge >= 0.3 is 5.63 Å². The lowest BCUT2D eigenvalue weighted by atomic mass is 9.88. The lowest BCUT2D eigenvalue weighted by molar-refractivity contribution is 0.119. The number of rotatable bonds is 4. The van der Waals surface area contributed by atoms with Gasteiger partial charge in [-0.05, 0) is 36.2 Å². The molecular formula is C18H28O5Si. The molecule has 0 amide bonds. The number of fused-ring (bicyclic) bond motifs is 2. The Balaban J connectivity index is 2.03. The monoisotopic (exact) mass is 352 g/mol. The molecular weight excluding hydrogens is 324 g/mol. The fourth-order valence-electron chi connectivity index (χ4n) is 3.06. The third-order valence-electron chi connectivity index (χ3n) is 5.57. The van der Waals surface area contributed by atoms with Crippen molar-refractivity contribution in [3.05, 3.63) is 33.4 Å². The van der Waals surface area contributed by atoms with E-state index >= 15 is 0 Å². The van der Waals surface area contributed by atoms with Crippen LogP contribution >= 0.6 is 0 Å². The average molecular weight is 353 g/mol. The summed E-state index contributed by atoms with van der Waals surface area (Å²) in [6.45, 7) is 12.8. The van der Waals surface area contributed by atoms with E-state index < -0.39 is 26.2 Å². The van der Waals surface area contributed by atoms with Gasteiger partial charge in [-0.25, -0.2) is 4.79 Å². The van der Waals surface area contributed by atoms with Gasteiger partial charge < -0.3 is 18.7 Å². The number of hydrogen-bond donors (Lipinski definition) is 1. The Hall–Kier alpha value is -0.953. The number of aryl methyl sites for hydroxylation is 1. The van der Waals surface area contributed by atoms with E-state index in [1.165, 1.54) is 0 Å². The van der Waals surface area contributed by atoms with Crippen molar-refractivity contribution < 1.29 is 18.7 Å². The first kappa shape index (κ1) is 17.9. The van der Waals surface area contributed by atoms with Gasteiger partial charge in [0.05, 0.1) is 5.56 Å². The number of aliphatic hydroxyl groups is 1. The molecule has 0 spiro atoms. The molecule has 6 heteroatoms. The maximum absolute atomic E-state index is 12.6. The van der Waals surface area contributed by atoms with Gasteiger partial charge in [-0.3, -0.25) is 0 Å². The third kappa shape index (κ3) is 2.90. The van der Waals surface area contributed by atoms with Gasteiger partial charge in [0.2, 0.25) is 0 Å². The predicted molar refractivity (Wildman–Crippen MR) is 93.6 cm³/mol. The molecule has 0 unspecified atom stereocenters. The smallest absolute Gasteiger partial charge is 0.342 e. The van der Waals surface area contributed by atoms with Crippen LogP contribution in [0.1, 0.15) is 63.2 Å². The van der Waals surface area contributed by atoms with Crippen molar-refractivity contribution in [2.75, 3.05) is 0 Å². The Morgan fingerprint density at radius 3 is 2.54 bits per heavy atom. The fourth-order valence-corrected chi connectivity index (χ4v) is 4.30. The van der Waals surface area contributed by atoms with Crippen molar-refractivity contribution in [2.24, 2.45) is 0 Å². The summed E-state index contributed by atoms with van der Waals surface area (Å²) in [5.41, 5.74) is 0.677. The van der Waals surface area contributed by atoms with Crippen LogP contribution in [0, 0.1) is 0 Å². The van der Waals surface area contributed by atoms with Crippen molar-refractivity contribution in [3.63, 3.8) is 0 Å². The molecule has 2 aliphatic rings. The highest BCUT2D eigenvalue weighted by molar-refractivity contribution is 6.74. The summed E-state index contributed by atoms with van der Waals surface area (Å²) in [5.74, 6) is 0.616. The molecule has 0 aromatic carbocycles. The van der Waals surface area contributed by atoms with E-state index in [0.717, 1.165) is 6.42 Å². The summed E-state index contributed by atoms with van der Waals surface area (Å²) >= 11 is 0. The molecule has 134 valence electrons. The van der Waals surface area contributed by atoms with Crippen LogP contribution in [0.4, 0.5) is 0 Å². The summed E-state index contributed by atoms with van der Waals surface area (Å²) < 4.78 is 17.6. The Morgan fingerprint density at radius 1 is 1.29 bits per heavy atom. The van der Waals surface area contributed by atoms with E-state index in [0.29, 0.717) is 23.3 Å². The van der Waals surface area contributed by atoms with Crippen molar-refractivity contribution in [1.82, 2.24) is 0 Å². The molecule has 0 radical (unpaired) electrons. The second kappa shape index (κ2) is 5.80. The second-order valence-electron chi connectivity index (χ2n) is 8.43. The normalized spacial score (nSPS) is 29.1. The summed E-state index contributed by atoms with van der Waals surface area (Å²) in [7, 11) is -2.09. The standard InChI is InChI=1S/C18H28O5Si/c1-7-8-10-9-11-12(17(20)21-10)14(16-15(22-16)13(11)19)23-24(5,6)18(2,3)4/h9,13-16,19H,7-8H2,1-6H3/t13-,14-,15-,16+/m1/s1. The molecule has 1 fully saturated rings.